The van der Waals surface area contributed by atoms with Gasteiger partial charge in [-0.3, -0.25) is 0 Å². The third kappa shape index (κ3) is 2.77. The second-order valence-electron chi connectivity index (χ2n) is 6.85. The van der Waals surface area contributed by atoms with Crippen molar-refractivity contribution in [2.45, 2.75) is 64.8 Å². The minimum atomic E-state index is -0.0920. The molecule has 0 saturated carbocycles. The van der Waals surface area contributed by atoms with E-state index in [0.29, 0.717) is 5.91 Å². The molecule has 2 radical (unpaired) electrons. The van der Waals surface area contributed by atoms with Gasteiger partial charge in [-0.1, -0.05) is 17.7 Å². The molecule has 1 amide bonds. The van der Waals surface area contributed by atoms with Gasteiger partial charge in [0.1, 0.15) is 6.54 Å². The van der Waals surface area contributed by atoms with E-state index in [-0.39, 0.29) is 11.0 Å². The van der Waals surface area contributed by atoms with Crippen molar-refractivity contribution < 1.29 is 4.79 Å². The summed E-state index contributed by atoms with van der Waals surface area (Å²) in [4.78, 5) is 13.7. The first-order valence-electron chi connectivity index (χ1n) is 7.41. The lowest BCUT2D eigenvalue weighted by molar-refractivity contribution is -0.133. The summed E-state index contributed by atoms with van der Waals surface area (Å²) >= 11 is 0. The fourth-order valence-electron chi connectivity index (χ4n) is 3.44. The van der Waals surface area contributed by atoms with E-state index in [1.54, 1.807) is 0 Å². The summed E-state index contributed by atoms with van der Waals surface area (Å²) < 4.78 is 0. The summed E-state index contributed by atoms with van der Waals surface area (Å²) in [5.74, 6) is 0.353. The molecule has 3 aliphatic rings. The lowest BCUT2D eigenvalue weighted by Gasteiger charge is -2.32. The fraction of sp³-hybridized carbons (Fsp3) is 0.933. The van der Waals surface area contributed by atoms with E-state index in [1.807, 2.05) is 4.90 Å². The summed E-state index contributed by atoms with van der Waals surface area (Å²) in [6, 6.07) is 0. The van der Waals surface area contributed by atoms with Crippen molar-refractivity contribution in [3.63, 3.8) is 0 Å². The van der Waals surface area contributed by atoms with Crippen molar-refractivity contribution in [3.05, 3.63) is 0 Å². The Labute approximate surface area is 111 Å². The van der Waals surface area contributed by atoms with Crippen LogP contribution in [0.25, 0.3) is 0 Å². The summed E-state index contributed by atoms with van der Waals surface area (Å²) in [5, 5.41) is 4.27. The van der Waals surface area contributed by atoms with Crippen molar-refractivity contribution in [2.24, 2.45) is 5.41 Å². The number of carbonyl (C=O) groups excluding carboxylic acids is 1. The minimum Gasteiger partial charge on any atom is -0.242 e. The topological polar surface area (TPSA) is 37.1 Å². The molecular weight excluding hydrogens is 224 g/mol. The first-order valence-corrected chi connectivity index (χ1v) is 7.41. The molecule has 3 heterocycles. The molecule has 0 aromatic heterocycles. The molecule has 18 heavy (non-hydrogen) atoms. The number of fused-ring (bicyclic) bond motifs is 1. The zero-order valence-corrected chi connectivity index (χ0v) is 12.2. The van der Waals surface area contributed by atoms with Gasteiger partial charge in [0.2, 0.25) is 0 Å². The van der Waals surface area contributed by atoms with Crippen molar-refractivity contribution in [1.29, 1.82) is 0 Å². The van der Waals surface area contributed by atoms with Gasteiger partial charge in [0.15, 0.2) is 5.54 Å². The Morgan fingerprint density at radius 3 is 2.00 bits per heavy atom. The Balaban J connectivity index is 0.000000149. The van der Waals surface area contributed by atoms with Crippen LogP contribution in [0.15, 0.2) is 0 Å². The molecule has 3 saturated heterocycles. The van der Waals surface area contributed by atoms with Crippen molar-refractivity contribution >= 4 is 5.91 Å². The van der Waals surface area contributed by atoms with Crippen LogP contribution in [0, 0.1) is 5.41 Å². The molecule has 1 unspecified atom stereocenters. The highest BCUT2D eigenvalue weighted by molar-refractivity contribution is 5.89. The van der Waals surface area contributed by atoms with E-state index in [2.05, 4.69) is 26.1 Å². The number of hydrogen-bond donors (Lipinski definition) is 0. The number of hydrogen-bond acceptors (Lipinski definition) is 1. The first kappa shape index (κ1) is 14.0. The highest BCUT2D eigenvalue weighted by Crippen LogP contribution is 2.47. The van der Waals surface area contributed by atoms with Gasteiger partial charge in [-0.25, -0.2) is 10.1 Å². The molecular formula is C15H27N2O+. The van der Waals surface area contributed by atoms with Crippen LogP contribution in [0.1, 0.15) is 59.3 Å². The molecule has 3 nitrogen and oxygen atoms in total. The third-order valence-electron chi connectivity index (χ3n) is 4.55. The van der Waals surface area contributed by atoms with E-state index in [0.717, 1.165) is 26.1 Å². The molecule has 3 aliphatic heterocycles. The van der Waals surface area contributed by atoms with Crippen LogP contribution < -0.4 is 10.2 Å². The van der Waals surface area contributed by atoms with Crippen molar-refractivity contribution in [3.8, 4) is 0 Å². The zero-order valence-electron chi connectivity index (χ0n) is 12.2. The van der Waals surface area contributed by atoms with Crippen LogP contribution in [0.4, 0.5) is 0 Å². The Kier molecular flexibility index (Phi) is 4.12. The molecule has 0 N–H and O–H groups in total. The van der Waals surface area contributed by atoms with Crippen LogP contribution in [-0.4, -0.2) is 31.1 Å². The van der Waals surface area contributed by atoms with Gasteiger partial charge >= 0.3 is 5.91 Å². The second-order valence-corrected chi connectivity index (χ2v) is 6.85. The molecule has 0 spiro atoms. The van der Waals surface area contributed by atoms with Crippen LogP contribution in [-0.2, 0) is 4.79 Å². The molecule has 3 heteroatoms. The summed E-state index contributed by atoms with van der Waals surface area (Å²) in [7, 11) is 0. The number of carbonyl (C=O) groups is 1. The molecule has 3 fully saturated rings. The van der Waals surface area contributed by atoms with E-state index in [4.69, 9.17) is 0 Å². The van der Waals surface area contributed by atoms with E-state index in [9.17, 15) is 4.79 Å². The lowest BCUT2D eigenvalue weighted by atomic mass is 9.81. The predicted octanol–water partition coefficient (Wildman–Crippen LogP) is 2.41. The number of rotatable bonds is 0. The fourth-order valence-corrected chi connectivity index (χ4v) is 3.44. The highest BCUT2D eigenvalue weighted by atomic mass is 16.2. The maximum atomic E-state index is 11.6. The highest BCUT2D eigenvalue weighted by Gasteiger charge is 2.67. The predicted molar refractivity (Wildman–Crippen MR) is 73.8 cm³/mol. The maximum Gasteiger partial charge on any atom is 0.367 e. The van der Waals surface area contributed by atoms with Crippen LogP contribution in [0.2, 0.25) is 0 Å². The molecule has 1 atom stereocenters. The van der Waals surface area contributed by atoms with E-state index in [1.165, 1.54) is 32.1 Å². The summed E-state index contributed by atoms with van der Waals surface area (Å²) in [5.41, 5.74) is 0.131. The largest absolute Gasteiger partial charge is 0.367 e. The average Bonchev–Trinajstić information content (AvgIpc) is 2.56. The van der Waals surface area contributed by atoms with Gasteiger partial charge in [0.25, 0.3) is 0 Å². The molecule has 0 aromatic carbocycles. The van der Waals surface area contributed by atoms with Gasteiger partial charge in [0.05, 0.1) is 11.8 Å². The zero-order chi connectivity index (χ0) is 13.2. The van der Waals surface area contributed by atoms with Crippen LogP contribution in [0.5, 0.6) is 0 Å². The van der Waals surface area contributed by atoms with Gasteiger partial charge < -0.3 is 0 Å². The SMILES string of the molecule is C1CCC[N]CC1.CC1(C)CC2(C)CC[N+]2C1=O. The summed E-state index contributed by atoms with van der Waals surface area (Å²) in [6.45, 7) is 9.54. The Morgan fingerprint density at radius 1 is 1.06 bits per heavy atom. The van der Waals surface area contributed by atoms with Crippen LogP contribution in [0.3, 0.4) is 0 Å². The van der Waals surface area contributed by atoms with E-state index >= 15 is 0 Å². The first-order chi connectivity index (χ1) is 8.46. The second kappa shape index (κ2) is 5.30. The minimum absolute atomic E-state index is 0.0920. The van der Waals surface area contributed by atoms with Crippen molar-refractivity contribution in [1.82, 2.24) is 10.2 Å². The quantitative estimate of drug-likeness (QED) is 0.609. The Hall–Kier alpha value is -0.410. The average molecular weight is 251 g/mol. The van der Waals surface area contributed by atoms with Gasteiger partial charge in [-0.15, -0.1) is 0 Å². The molecule has 3 rings (SSSR count). The van der Waals surface area contributed by atoms with Gasteiger partial charge in [-0.05, 0) is 33.6 Å². The summed E-state index contributed by atoms with van der Waals surface area (Å²) in [6.07, 6.45) is 7.72. The van der Waals surface area contributed by atoms with E-state index < -0.39 is 0 Å². The molecule has 0 aromatic rings. The Morgan fingerprint density at radius 2 is 1.67 bits per heavy atom. The number of amides is 1. The van der Waals surface area contributed by atoms with Gasteiger partial charge in [0, 0.05) is 19.5 Å². The third-order valence-corrected chi connectivity index (χ3v) is 4.55. The number of nitrogens with zero attached hydrogens (tertiary/aromatic N) is 2. The standard InChI is InChI=1S/C9H15NO.C6H12N/c1-8(2)6-9(3)4-5-10(9)7(8)11;1-2-4-6-7-5-3-1/h4-6H2,1-3H3;1-6H2/q+1;. The molecule has 0 aliphatic carbocycles. The smallest absolute Gasteiger partial charge is 0.242 e. The van der Waals surface area contributed by atoms with Crippen LogP contribution >= 0.6 is 0 Å². The molecule has 0 bridgehead atoms. The Bertz CT molecular complexity index is 294. The molecule has 102 valence electrons. The maximum absolute atomic E-state index is 11.6. The van der Waals surface area contributed by atoms with Crippen molar-refractivity contribution in [2.75, 3.05) is 19.6 Å². The van der Waals surface area contributed by atoms with Gasteiger partial charge in [-0.2, -0.15) is 0 Å². The normalized spacial score (nSPS) is 34.9. The lowest BCUT2D eigenvalue weighted by Crippen LogP contribution is -2.59. The monoisotopic (exact) mass is 251 g/mol.